The van der Waals surface area contributed by atoms with Gasteiger partial charge in [0.15, 0.2) is 23.5 Å². The second-order valence-electron chi connectivity index (χ2n) is 7.56. The molecule has 0 aromatic heterocycles. The third kappa shape index (κ3) is 1.86. The Morgan fingerprint density at radius 1 is 1.14 bits per heavy atom. The van der Waals surface area contributed by atoms with Crippen molar-refractivity contribution in [2.24, 2.45) is 0 Å². The molecule has 2 fully saturated rings. The standard InChI is InChI=1S/C15H24O5Si/c1-8-10(16)15(12(8)21(5,6)7)11-9(13(17-4)20-15)18-14(2,3)19-11/h9,11,13H,1-7H3/t9-,11?,13?,15+/m0/s1. The number of fused-ring (bicyclic) bond motifs is 2. The minimum atomic E-state index is -1.72. The molecule has 0 saturated carbocycles. The van der Waals surface area contributed by atoms with E-state index in [4.69, 9.17) is 18.9 Å². The van der Waals surface area contributed by atoms with Crippen LogP contribution >= 0.6 is 0 Å². The van der Waals surface area contributed by atoms with Crippen LogP contribution in [0.4, 0.5) is 0 Å². The molecular formula is C15H24O5Si. The van der Waals surface area contributed by atoms with Crippen LogP contribution in [-0.4, -0.2) is 50.9 Å². The summed E-state index contributed by atoms with van der Waals surface area (Å²) >= 11 is 0. The van der Waals surface area contributed by atoms with Crippen molar-refractivity contribution in [2.45, 2.75) is 70.3 Å². The number of Topliss-reactive ketones (excluding diaryl/α,β-unsaturated/α-hetero) is 1. The van der Waals surface area contributed by atoms with Gasteiger partial charge in [0.05, 0.1) is 8.07 Å². The maximum atomic E-state index is 12.7. The van der Waals surface area contributed by atoms with Gasteiger partial charge in [-0.15, -0.1) is 0 Å². The second kappa shape index (κ2) is 4.26. The molecular weight excluding hydrogens is 288 g/mol. The Balaban J connectivity index is 2.09. The van der Waals surface area contributed by atoms with Crippen molar-refractivity contribution in [3.8, 4) is 0 Å². The van der Waals surface area contributed by atoms with Crippen molar-refractivity contribution < 1.29 is 23.7 Å². The summed E-state index contributed by atoms with van der Waals surface area (Å²) in [5, 5.41) is 1.14. The molecule has 0 bridgehead atoms. The van der Waals surface area contributed by atoms with Gasteiger partial charge in [-0.3, -0.25) is 4.79 Å². The first kappa shape index (κ1) is 15.4. The molecule has 0 radical (unpaired) electrons. The molecule has 118 valence electrons. The molecule has 1 aliphatic carbocycles. The van der Waals surface area contributed by atoms with Crippen LogP contribution in [0.2, 0.25) is 19.6 Å². The number of carbonyl (C=O) groups is 1. The fraction of sp³-hybridized carbons (Fsp3) is 0.800. The van der Waals surface area contributed by atoms with E-state index in [1.165, 1.54) is 0 Å². The lowest BCUT2D eigenvalue weighted by Crippen LogP contribution is -2.64. The first-order valence-corrected chi connectivity index (χ1v) is 10.9. The van der Waals surface area contributed by atoms with E-state index in [-0.39, 0.29) is 11.9 Å². The van der Waals surface area contributed by atoms with Crippen molar-refractivity contribution in [1.29, 1.82) is 0 Å². The fourth-order valence-corrected chi connectivity index (χ4v) is 6.69. The number of carbonyl (C=O) groups excluding carboxylic acids is 1. The highest BCUT2D eigenvalue weighted by Gasteiger charge is 2.73. The van der Waals surface area contributed by atoms with Gasteiger partial charge in [-0.1, -0.05) is 19.6 Å². The largest absolute Gasteiger partial charge is 0.353 e. The SMILES string of the molecule is COC1O[C@]2(C(=O)C(C)=C2[Si](C)(C)C)C2OC(C)(C)O[C@H]12. The number of hydrogen-bond donors (Lipinski definition) is 0. The molecule has 0 amide bonds. The van der Waals surface area contributed by atoms with Crippen LogP contribution in [0.5, 0.6) is 0 Å². The van der Waals surface area contributed by atoms with Gasteiger partial charge < -0.3 is 18.9 Å². The zero-order chi connectivity index (χ0) is 15.8. The van der Waals surface area contributed by atoms with Crippen LogP contribution < -0.4 is 0 Å². The van der Waals surface area contributed by atoms with E-state index in [1.54, 1.807) is 7.11 Å². The lowest BCUT2D eigenvalue weighted by Gasteiger charge is -2.47. The fourth-order valence-electron chi connectivity index (χ4n) is 4.03. The lowest BCUT2D eigenvalue weighted by atomic mass is 9.76. The van der Waals surface area contributed by atoms with E-state index >= 15 is 0 Å². The van der Waals surface area contributed by atoms with E-state index in [1.807, 2.05) is 20.8 Å². The normalized spacial score (nSPS) is 41.7. The van der Waals surface area contributed by atoms with Crippen LogP contribution in [0.3, 0.4) is 0 Å². The topological polar surface area (TPSA) is 54.0 Å². The molecule has 0 aromatic carbocycles. The van der Waals surface area contributed by atoms with Crippen molar-refractivity contribution in [3.63, 3.8) is 0 Å². The summed E-state index contributed by atoms with van der Waals surface area (Å²) in [7, 11) is -0.149. The van der Waals surface area contributed by atoms with Gasteiger partial charge in [0, 0.05) is 7.11 Å². The molecule has 2 aliphatic heterocycles. The summed E-state index contributed by atoms with van der Waals surface area (Å²) in [6.07, 6.45) is -1.36. The zero-order valence-electron chi connectivity index (χ0n) is 13.8. The predicted molar refractivity (Wildman–Crippen MR) is 79.5 cm³/mol. The molecule has 21 heavy (non-hydrogen) atoms. The Labute approximate surface area is 126 Å². The molecule has 6 heteroatoms. The van der Waals surface area contributed by atoms with Gasteiger partial charge in [-0.2, -0.15) is 0 Å². The van der Waals surface area contributed by atoms with Crippen LogP contribution in [0.15, 0.2) is 10.8 Å². The Bertz CT molecular complexity index is 533. The minimum absolute atomic E-state index is 0.0239. The summed E-state index contributed by atoms with van der Waals surface area (Å²) in [5.41, 5.74) is -0.161. The number of rotatable bonds is 2. The van der Waals surface area contributed by atoms with Gasteiger partial charge in [0.25, 0.3) is 0 Å². The Hall–Kier alpha value is -0.533. The summed E-state index contributed by atoms with van der Waals surface area (Å²) in [6, 6.07) is 0. The van der Waals surface area contributed by atoms with E-state index in [0.29, 0.717) is 0 Å². The Kier molecular flexibility index (Phi) is 3.12. The monoisotopic (exact) mass is 312 g/mol. The maximum Gasteiger partial charge on any atom is 0.196 e. The minimum Gasteiger partial charge on any atom is -0.353 e. The molecule has 3 aliphatic rings. The van der Waals surface area contributed by atoms with Gasteiger partial charge >= 0.3 is 0 Å². The smallest absolute Gasteiger partial charge is 0.196 e. The highest BCUT2D eigenvalue weighted by molar-refractivity contribution is 6.85. The third-order valence-corrected chi connectivity index (χ3v) is 6.75. The third-order valence-electron chi connectivity index (χ3n) is 4.51. The van der Waals surface area contributed by atoms with Gasteiger partial charge in [0.2, 0.25) is 0 Å². The maximum absolute atomic E-state index is 12.7. The summed E-state index contributed by atoms with van der Waals surface area (Å²) in [6.45, 7) is 12.3. The number of methoxy groups -OCH3 is 1. The van der Waals surface area contributed by atoms with E-state index in [9.17, 15) is 4.79 Å². The van der Waals surface area contributed by atoms with Crippen molar-refractivity contribution in [1.82, 2.24) is 0 Å². The van der Waals surface area contributed by atoms with E-state index in [2.05, 4.69) is 19.6 Å². The highest BCUT2D eigenvalue weighted by Crippen LogP contribution is 2.55. The molecule has 2 heterocycles. The molecule has 0 aromatic rings. The van der Waals surface area contributed by atoms with Crippen molar-refractivity contribution in [2.75, 3.05) is 7.11 Å². The first-order valence-electron chi connectivity index (χ1n) is 7.37. The summed E-state index contributed by atoms with van der Waals surface area (Å²) in [4.78, 5) is 12.7. The molecule has 0 N–H and O–H groups in total. The van der Waals surface area contributed by atoms with Crippen LogP contribution in [0, 0.1) is 0 Å². The molecule has 3 rings (SSSR count). The summed E-state index contributed by atoms with van der Waals surface area (Å²) in [5.74, 6) is -0.701. The van der Waals surface area contributed by atoms with Crippen LogP contribution in [0.25, 0.3) is 0 Å². The Morgan fingerprint density at radius 2 is 1.76 bits per heavy atom. The number of ether oxygens (including phenoxy) is 4. The molecule has 1 spiro atoms. The highest BCUT2D eigenvalue weighted by atomic mass is 28.3. The number of ketones is 1. The van der Waals surface area contributed by atoms with E-state index < -0.39 is 31.9 Å². The molecule has 4 atom stereocenters. The van der Waals surface area contributed by atoms with Crippen LogP contribution in [-0.2, 0) is 23.7 Å². The summed E-state index contributed by atoms with van der Waals surface area (Å²) < 4.78 is 23.4. The van der Waals surface area contributed by atoms with Crippen LogP contribution in [0.1, 0.15) is 20.8 Å². The quantitative estimate of drug-likeness (QED) is 0.730. The van der Waals surface area contributed by atoms with Gasteiger partial charge in [-0.05, 0) is 31.5 Å². The number of hydrogen-bond acceptors (Lipinski definition) is 5. The van der Waals surface area contributed by atoms with Gasteiger partial charge in [0.1, 0.15) is 12.2 Å². The van der Waals surface area contributed by atoms with Crippen molar-refractivity contribution >= 4 is 13.9 Å². The molecule has 2 unspecified atom stereocenters. The van der Waals surface area contributed by atoms with Crippen molar-refractivity contribution in [3.05, 3.63) is 10.8 Å². The second-order valence-corrected chi connectivity index (χ2v) is 12.6. The average molecular weight is 312 g/mol. The average Bonchev–Trinajstić information content (AvgIpc) is 2.81. The molecule has 2 saturated heterocycles. The zero-order valence-corrected chi connectivity index (χ0v) is 14.8. The van der Waals surface area contributed by atoms with Gasteiger partial charge in [-0.25, -0.2) is 0 Å². The molecule has 5 nitrogen and oxygen atoms in total. The first-order chi connectivity index (χ1) is 9.54. The Morgan fingerprint density at radius 3 is 2.29 bits per heavy atom. The predicted octanol–water partition coefficient (Wildman–Crippen LogP) is 2.02. The van der Waals surface area contributed by atoms with E-state index in [0.717, 1.165) is 10.8 Å². The lowest BCUT2D eigenvalue weighted by molar-refractivity contribution is -0.240.